The summed E-state index contributed by atoms with van der Waals surface area (Å²) in [4.78, 5) is 16.9. The molecule has 0 spiro atoms. The SMILES string of the molecule is COC[C@@H](C)NC(=O)N1CCC[C@@H](CN2CCCCCC2)C1. The lowest BCUT2D eigenvalue weighted by atomic mass is 9.97. The van der Waals surface area contributed by atoms with Gasteiger partial charge in [0.2, 0.25) is 0 Å². The normalized spacial score (nSPS) is 25.5. The van der Waals surface area contributed by atoms with Crippen LogP contribution in [0.5, 0.6) is 0 Å². The van der Waals surface area contributed by atoms with Crippen LogP contribution in [0.3, 0.4) is 0 Å². The Morgan fingerprint density at radius 1 is 1.18 bits per heavy atom. The molecule has 5 nitrogen and oxygen atoms in total. The molecular weight excluding hydrogens is 278 g/mol. The van der Waals surface area contributed by atoms with E-state index < -0.39 is 0 Å². The van der Waals surface area contributed by atoms with Crippen molar-refractivity contribution in [3.8, 4) is 0 Å². The summed E-state index contributed by atoms with van der Waals surface area (Å²) >= 11 is 0. The van der Waals surface area contributed by atoms with Gasteiger partial charge >= 0.3 is 6.03 Å². The van der Waals surface area contributed by atoms with Gasteiger partial charge in [0.1, 0.15) is 0 Å². The molecule has 2 aliphatic heterocycles. The molecule has 2 atom stereocenters. The van der Waals surface area contributed by atoms with Crippen LogP contribution in [0.15, 0.2) is 0 Å². The van der Waals surface area contributed by atoms with Gasteiger partial charge in [-0.3, -0.25) is 0 Å². The Kier molecular flexibility index (Phi) is 7.46. The number of likely N-dealkylation sites (tertiary alicyclic amines) is 2. The molecule has 2 heterocycles. The van der Waals surface area contributed by atoms with Crippen LogP contribution >= 0.6 is 0 Å². The van der Waals surface area contributed by atoms with Crippen molar-refractivity contribution in [2.24, 2.45) is 5.92 Å². The summed E-state index contributed by atoms with van der Waals surface area (Å²) < 4.78 is 5.09. The van der Waals surface area contributed by atoms with E-state index in [9.17, 15) is 4.79 Å². The zero-order valence-corrected chi connectivity index (χ0v) is 14.4. The average Bonchev–Trinajstić information content (AvgIpc) is 2.76. The monoisotopic (exact) mass is 311 g/mol. The molecule has 2 saturated heterocycles. The number of hydrogen-bond acceptors (Lipinski definition) is 3. The van der Waals surface area contributed by atoms with Crippen molar-refractivity contribution in [3.63, 3.8) is 0 Å². The Morgan fingerprint density at radius 3 is 2.59 bits per heavy atom. The Labute approximate surface area is 135 Å². The van der Waals surface area contributed by atoms with Gasteiger partial charge in [0.25, 0.3) is 0 Å². The summed E-state index contributed by atoms with van der Waals surface area (Å²) in [6.45, 7) is 8.00. The lowest BCUT2D eigenvalue weighted by Crippen LogP contribution is -2.50. The number of amides is 2. The second kappa shape index (κ2) is 9.36. The number of nitrogens with one attached hydrogen (secondary N) is 1. The number of methoxy groups -OCH3 is 1. The number of urea groups is 1. The topological polar surface area (TPSA) is 44.8 Å². The molecule has 5 heteroatoms. The van der Waals surface area contributed by atoms with Gasteiger partial charge in [-0.1, -0.05) is 12.8 Å². The third-order valence-electron chi connectivity index (χ3n) is 4.81. The number of piperidine rings is 1. The van der Waals surface area contributed by atoms with E-state index in [-0.39, 0.29) is 12.1 Å². The fourth-order valence-electron chi connectivity index (χ4n) is 3.68. The number of nitrogens with zero attached hydrogens (tertiary/aromatic N) is 2. The van der Waals surface area contributed by atoms with Gasteiger partial charge in [-0.15, -0.1) is 0 Å². The van der Waals surface area contributed by atoms with Crippen LogP contribution in [0.2, 0.25) is 0 Å². The molecule has 128 valence electrons. The fourth-order valence-corrected chi connectivity index (χ4v) is 3.68. The van der Waals surface area contributed by atoms with Gasteiger partial charge in [-0.05, 0) is 51.6 Å². The molecule has 0 saturated carbocycles. The first-order valence-corrected chi connectivity index (χ1v) is 8.95. The summed E-state index contributed by atoms with van der Waals surface area (Å²) in [5, 5.41) is 3.03. The molecular formula is C17H33N3O2. The number of carbonyl (C=O) groups excluding carboxylic acids is 1. The molecule has 0 unspecified atom stereocenters. The Balaban J connectivity index is 1.76. The van der Waals surface area contributed by atoms with Crippen LogP contribution in [0.25, 0.3) is 0 Å². The van der Waals surface area contributed by atoms with Gasteiger partial charge in [0.05, 0.1) is 12.6 Å². The van der Waals surface area contributed by atoms with Gasteiger partial charge < -0.3 is 19.9 Å². The van der Waals surface area contributed by atoms with Crippen LogP contribution in [-0.4, -0.2) is 68.3 Å². The smallest absolute Gasteiger partial charge is 0.317 e. The maximum absolute atomic E-state index is 12.3. The molecule has 0 aromatic rings. The highest BCUT2D eigenvalue weighted by Gasteiger charge is 2.26. The van der Waals surface area contributed by atoms with Crippen molar-refractivity contribution in [2.45, 2.75) is 51.5 Å². The Morgan fingerprint density at radius 2 is 1.91 bits per heavy atom. The van der Waals surface area contributed by atoms with Gasteiger partial charge in [0, 0.05) is 26.7 Å². The van der Waals surface area contributed by atoms with Crippen LogP contribution < -0.4 is 5.32 Å². The number of ether oxygens (including phenoxy) is 1. The van der Waals surface area contributed by atoms with Gasteiger partial charge in [-0.2, -0.15) is 0 Å². The Hall–Kier alpha value is -0.810. The zero-order valence-electron chi connectivity index (χ0n) is 14.4. The van der Waals surface area contributed by atoms with Crippen LogP contribution in [0.1, 0.15) is 45.4 Å². The molecule has 0 aromatic heterocycles. The largest absolute Gasteiger partial charge is 0.383 e. The molecule has 0 bridgehead atoms. The zero-order chi connectivity index (χ0) is 15.8. The first-order chi connectivity index (χ1) is 10.7. The third kappa shape index (κ3) is 5.76. The van der Waals surface area contributed by atoms with E-state index in [1.54, 1.807) is 7.11 Å². The molecule has 22 heavy (non-hydrogen) atoms. The van der Waals surface area contributed by atoms with Gasteiger partial charge in [-0.25, -0.2) is 4.79 Å². The van der Waals surface area contributed by atoms with Crippen molar-refractivity contribution < 1.29 is 9.53 Å². The minimum Gasteiger partial charge on any atom is -0.383 e. The molecule has 2 fully saturated rings. The second-order valence-corrected chi connectivity index (χ2v) is 6.97. The number of hydrogen-bond donors (Lipinski definition) is 1. The number of carbonyl (C=O) groups is 1. The minimum atomic E-state index is 0.0727. The van der Waals surface area contributed by atoms with Crippen LogP contribution in [0.4, 0.5) is 4.79 Å². The summed E-state index contributed by atoms with van der Waals surface area (Å²) in [6, 6.07) is 0.147. The van der Waals surface area contributed by atoms with Crippen molar-refractivity contribution >= 4 is 6.03 Å². The van der Waals surface area contributed by atoms with E-state index in [4.69, 9.17) is 4.74 Å². The van der Waals surface area contributed by atoms with E-state index >= 15 is 0 Å². The molecule has 0 aliphatic carbocycles. The maximum atomic E-state index is 12.3. The molecule has 2 aliphatic rings. The second-order valence-electron chi connectivity index (χ2n) is 6.97. The van der Waals surface area contributed by atoms with E-state index in [0.717, 1.165) is 26.1 Å². The highest BCUT2D eigenvalue weighted by atomic mass is 16.5. The van der Waals surface area contributed by atoms with Crippen molar-refractivity contribution in [1.29, 1.82) is 0 Å². The highest BCUT2D eigenvalue weighted by molar-refractivity contribution is 5.74. The summed E-state index contributed by atoms with van der Waals surface area (Å²) in [5.41, 5.74) is 0. The van der Waals surface area contributed by atoms with E-state index in [1.807, 2.05) is 11.8 Å². The number of rotatable bonds is 5. The van der Waals surface area contributed by atoms with Crippen molar-refractivity contribution in [3.05, 3.63) is 0 Å². The van der Waals surface area contributed by atoms with Crippen molar-refractivity contribution in [1.82, 2.24) is 15.1 Å². The summed E-state index contributed by atoms with van der Waals surface area (Å²) in [5.74, 6) is 0.635. The summed E-state index contributed by atoms with van der Waals surface area (Å²) in [6.07, 6.45) is 7.83. The highest BCUT2D eigenvalue weighted by Crippen LogP contribution is 2.19. The fraction of sp³-hybridized carbons (Fsp3) is 0.941. The molecule has 1 N–H and O–H groups in total. The summed E-state index contributed by atoms with van der Waals surface area (Å²) in [7, 11) is 1.67. The molecule has 2 rings (SSSR count). The molecule has 0 radical (unpaired) electrons. The van der Waals surface area contributed by atoms with Crippen molar-refractivity contribution in [2.75, 3.05) is 46.4 Å². The minimum absolute atomic E-state index is 0.0727. The average molecular weight is 311 g/mol. The standard InChI is InChI=1S/C17H33N3O2/c1-15(14-22-2)18-17(21)20-11-7-8-16(13-20)12-19-9-5-3-4-6-10-19/h15-16H,3-14H2,1-2H3,(H,18,21)/t15-,16+/m1/s1. The van der Waals surface area contributed by atoms with Crippen LogP contribution in [-0.2, 0) is 4.74 Å². The van der Waals surface area contributed by atoms with Crippen LogP contribution in [0, 0.1) is 5.92 Å². The van der Waals surface area contributed by atoms with E-state index in [2.05, 4.69) is 10.2 Å². The lowest BCUT2D eigenvalue weighted by molar-refractivity contribution is 0.130. The maximum Gasteiger partial charge on any atom is 0.317 e. The predicted octanol–water partition coefficient (Wildman–Crippen LogP) is 2.32. The lowest BCUT2D eigenvalue weighted by Gasteiger charge is -2.36. The third-order valence-corrected chi connectivity index (χ3v) is 4.81. The first kappa shape index (κ1) is 17.5. The predicted molar refractivity (Wildman–Crippen MR) is 89.1 cm³/mol. The quantitative estimate of drug-likeness (QED) is 0.847. The molecule has 2 amide bonds. The van der Waals surface area contributed by atoms with E-state index in [0.29, 0.717) is 12.5 Å². The van der Waals surface area contributed by atoms with E-state index in [1.165, 1.54) is 45.2 Å². The first-order valence-electron chi connectivity index (χ1n) is 8.95. The molecule has 0 aromatic carbocycles. The van der Waals surface area contributed by atoms with Gasteiger partial charge in [0.15, 0.2) is 0 Å². The Bertz CT molecular complexity index is 330.